The minimum absolute atomic E-state index is 0.224. The molecule has 0 aromatic carbocycles. The first-order valence-electron chi connectivity index (χ1n) is 5.62. The predicted octanol–water partition coefficient (Wildman–Crippen LogP) is 0.558. The molecule has 0 rings (SSSR count). The van der Waals surface area contributed by atoms with Crippen LogP contribution in [0.5, 0.6) is 0 Å². The molecule has 0 aliphatic carbocycles. The lowest BCUT2D eigenvalue weighted by atomic mass is 10.3. The van der Waals surface area contributed by atoms with Gasteiger partial charge in [0.05, 0.1) is 25.9 Å². The van der Waals surface area contributed by atoms with E-state index in [-0.39, 0.29) is 6.04 Å². The van der Waals surface area contributed by atoms with Gasteiger partial charge in [0, 0.05) is 20.3 Å². The summed E-state index contributed by atoms with van der Waals surface area (Å²) in [6, 6.07) is 1.90. The van der Waals surface area contributed by atoms with Gasteiger partial charge in [-0.1, -0.05) is 6.92 Å². The largest absolute Gasteiger partial charge is 0.385 e. The molecule has 5 heteroatoms. The van der Waals surface area contributed by atoms with Crippen molar-refractivity contribution in [3.05, 3.63) is 0 Å². The molecular formula is C11H22N2O3. The number of hydrogen-bond donors (Lipinski definition) is 1. The highest BCUT2D eigenvalue weighted by molar-refractivity contribution is 4.88. The molecule has 0 aromatic heterocycles. The van der Waals surface area contributed by atoms with Crippen LogP contribution >= 0.6 is 0 Å². The number of likely N-dealkylation sites (N-methyl/N-ethyl adjacent to an activating group) is 1. The minimum atomic E-state index is -0.224. The first-order valence-corrected chi connectivity index (χ1v) is 5.62. The van der Waals surface area contributed by atoms with Gasteiger partial charge in [-0.25, -0.2) is 0 Å². The van der Waals surface area contributed by atoms with E-state index in [1.54, 1.807) is 7.11 Å². The Labute approximate surface area is 97.7 Å². The van der Waals surface area contributed by atoms with E-state index < -0.39 is 0 Å². The normalized spacial score (nSPS) is 12.3. The molecule has 5 nitrogen and oxygen atoms in total. The number of nitrogens with one attached hydrogen (secondary N) is 1. The van der Waals surface area contributed by atoms with Crippen molar-refractivity contribution in [2.75, 3.05) is 46.7 Å². The Morgan fingerprint density at radius 3 is 2.56 bits per heavy atom. The van der Waals surface area contributed by atoms with Crippen molar-refractivity contribution < 1.29 is 14.2 Å². The number of nitrogens with zero attached hydrogens (tertiary/aromatic N) is 1. The molecule has 0 amide bonds. The maximum Gasteiger partial charge on any atom is 0.119 e. The van der Waals surface area contributed by atoms with Crippen LogP contribution in [0.2, 0.25) is 0 Å². The summed E-state index contributed by atoms with van der Waals surface area (Å²) in [5.74, 6) is 0. The standard InChI is InChI=1S/C11H22N2O3/c1-3-13-11(9-12)10-16-8-7-15-6-4-5-14-2/h11,13H,3-8,10H2,1-2H3. The maximum absolute atomic E-state index is 8.72. The van der Waals surface area contributed by atoms with Crippen molar-refractivity contribution in [2.45, 2.75) is 19.4 Å². The van der Waals surface area contributed by atoms with Crippen LogP contribution in [0.1, 0.15) is 13.3 Å². The zero-order valence-corrected chi connectivity index (χ0v) is 10.2. The molecule has 1 N–H and O–H groups in total. The van der Waals surface area contributed by atoms with E-state index >= 15 is 0 Å². The van der Waals surface area contributed by atoms with E-state index in [0.717, 1.165) is 19.6 Å². The van der Waals surface area contributed by atoms with Gasteiger partial charge in [-0.2, -0.15) is 5.26 Å². The Balaban J connectivity index is 3.16. The molecule has 0 radical (unpaired) electrons. The summed E-state index contributed by atoms with van der Waals surface area (Å²) in [6.45, 7) is 5.64. The van der Waals surface area contributed by atoms with Gasteiger partial charge in [0.1, 0.15) is 6.04 Å². The van der Waals surface area contributed by atoms with Crippen LogP contribution < -0.4 is 5.32 Å². The van der Waals surface area contributed by atoms with Gasteiger partial charge in [0.2, 0.25) is 0 Å². The van der Waals surface area contributed by atoms with Gasteiger partial charge >= 0.3 is 0 Å². The summed E-state index contributed by atoms with van der Waals surface area (Å²) >= 11 is 0. The Morgan fingerprint density at radius 2 is 1.94 bits per heavy atom. The van der Waals surface area contributed by atoms with Crippen LogP contribution in [0.25, 0.3) is 0 Å². The van der Waals surface area contributed by atoms with Crippen LogP contribution in [0.3, 0.4) is 0 Å². The Kier molecular flexibility index (Phi) is 11.9. The van der Waals surface area contributed by atoms with Crippen molar-refractivity contribution >= 4 is 0 Å². The average Bonchev–Trinajstić information content (AvgIpc) is 2.31. The molecule has 0 aromatic rings. The molecule has 1 unspecified atom stereocenters. The van der Waals surface area contributed by atoms with Crippen molar-refractivity contribution in [3.8, 4) is 6.07 Å². The monoisotopic (exact) mass is 230 g/mol. The second-order valence-corrected chi connectivity index (χ2v) is 3.27. The predicted molar refractivity (Wildman–Crippen MR) is 61.2 cm³/mol. The number of hydrogen-bond acceptors (Lipinski definition) is 5. The van der Waals surface area contributed by atoms with Crippen LogP contribution in [0.15, 0.2) is 0 Å². The molecule has 0 bridgehead atoms. The van der Waals surface area contributed by atoms with Gasteiger partial charge in [-0.05, 0) is 13.0 Å². The van der Waals surface area contributed by atoms with Crippen molar-refractivity contribution in [2.24, 2.45) is 0 Å². The highest BCUT2D eigenvalue weighted by Gasteiger charge is 2.03. The van der Waals surface area contributed by atoms with Gasteiger partial charge in [-0.3, -0.25) is 0 Å². The Hall–Kier alpha value is -0.670. The highest BCUT2D eigenvalue weighted by Crippen LogP contribution is 1.87. The lowest BCUT2D eigenvalue weighted by Gasteiger charge is -2.10. The summed E-state index contributed by atoms with van der Waals surface area (Å²) in [7, 11) is 1.67. The van der Waals surface area contributed by atoms with Crippen LogP contribution in [-0.4, -0.2) is 52.7 Å². The second-order valence-electron chi connectivity index (χ2n) is 3.27. The first kappa shape index (κ1) is 15.3. The molecule has 0 aliphatic rings. The van der Waals surface area contributed by atoms with Gasteiger partial charge < -0.3 is 19.5 Å². The van der Waals surface area contributed by atoms with E-state index in [1.807, 2.05) is 6.92 Å². The fourth-order valence-corrected chi connectivity index (χ4v) is 1.11. The van der Waals surface area contributed by atoms with Crippen LogP contribution in [0, 0.1) is 11.3 Å². The summed E-state index contributed by atoms with van der Waals surface area (Å²) in [6.07, 6.45) is 0.898. The highest BCUT2D eigenvalue weighted by atomic mass is 16.5. The molecule has 0 saturated carbocycles. The third kappa shape index (κ3) is 9.87. The zero-order chi connectivity index (χ0) is 12.1. The number of nitriles is 1. The molecule has 0 fully saturated rings. The van der Waals surface area contributed by atoms with Crippen molar-refractivity contribution in [1.29, 1.82) is 5.26 Å². The summed E-state index contributed by atoms with van der Waals surface area (Å²) in [5, 5.41) is 11.7. The Bertz CT molecular complexity index is 183. The quantitative estimate of drug-likeness (QED) is 0.525. The fraction of sp³-hybridized carbons (Fsp3) is 0.909. The summed E-state index contributed by atoms with van der Waals surface area (Å²) in [4.78, 5) is 0. The van der Waals surface area contributed by atoms with E-state index in [1.165, 1.54) is 0 Å². The average molecular weight is 230 g/mol. The molecule has 0 aliphatic heterocycles. The van der Waals surface area contributed by atoms with Crippen molar-refractivity contribution in [1.82, 2.24) is 5.32 Å². The number of rotatable bonds is 11. The zero-order valence-electron chi connectivity index (χ0n) is 10.2. The summed E-state index contributed by atoms with van der Waals surface area (Å²) < 4.78 is 15.5. The number of methoxy groups -OCH3 is 1. The lowest BCUT2D eigenvalue weighted by Crippen LogP contribution is -2.32. The van der Waals surface area contributed by atoms with E-state index in [9.17, 15) is 0 Å². The molecule has 1 atom stereocenters. The Morgan fingerprint density at radius 1 is 1.19 bits per heavy atom. The molecule has 0 spiro atoms. The number of ether oxygens (including phenoxy) is 3. The maximum atomic E-state index is 8.72. The van der Waals surface area contributed by atoms with E-state index in [2.05, 4.69) is 11.4 Å². The topological polar surface area (TPSA) is 63.5 Å². The van der Waals surface area contributed by atoms with E-state index in [0.29, 0.717) is 26.4 Å². The van der Waals surface area contributed by atoms with Crippen LogP contribution in [0.4, 0.5) is 0 Å². The van der Waals surface area contributed by atoms with Gasteiger partial charge in [0.25, 0.3) is 0 Å². The van der Waals surface area contributed by atoms with Gasteiger partial charge in [0.15, 0.2) is 0 Å². The van der Waals surface area contributed by atoms with Crippen molar-refractivity contribution in [3.63, 3.8) is 0 Å². The molecule has 16 heavy (non-hydrogen) atoms. The third-order valence-electron chi connectivity index (χ3n) is 1.90. The lowest BCUT2D eigenvalue weighted by molar-refractivity contribution is 0.0367. The fourth-order valence-electron chi connectivity index (χ4n) is 1.11. The molecular weight excluding hydrogens is 208 g/mol. The second kappa shape index (κ2) is 12.4. The smallest absolute Gasteiger partial charge is 0.119 e. The third-order valence-corrected chi connectivity index (χ3v) is 1.90. The molecule has 0 saturated heterocycles. The van der Waals surface area contributed by atoms with E-state index in [4.69, 9.17) is 19.5 Å². The van der Waals surface area contributed by atoms with Gasteiger partial charge in [-0.15, -0.1) is 0 Å². The molecule has 0 heterocycles. The molecule has 94 valence electrons. The summed E-state index contributed by atoms with van der Waals surface area (Å²) in [5.41, 5.74) is 0. The van der Waals surface area contributed by atoms with Crippen LogP contribution in [-0.2, 0) is 14.2 Å². The minimum Gasteiger partial charge on any atom is -0.385 e. The SMILES string of the molecule is CCNC(C#N)COCCOCCCOC. The first-order chi connectivity index (χ1) is 7.85.